The van der Waals surface area contributed by atoms with Crippen molar-refractivity contribution >= 4 is 0 Å². The smallest absolute Gasteiger partial charge is 0.124 e. The third kappa shape index (κ3) is 1.13. The van der Waals surface area contributed by atoms with Crippen LogP contribution in [0.2, 0.25) is 0 Å². The minimum Gasteiger partial charge on any atom is -0.492 e. The van der Waals surface area contributed by atoms with E-state index in [-0.39, 0.29) is 0 Å². The molecule has 1 aromatic rings. The molecule has 1 saturated heterocycles. The SMILES string of the molecule is c1ccc2c(c1)OCC1CCC2N1. The van der Waals surface area contributed by atoms with Gasteiger partial charge in [0.15, 0.2) is 0 Å². The molecule has 0 saturated carbocycles. The predicted octanol–water partition coefficient (Wildman–Crippen LogP) is 1.87. The van der Waals surface area contributed by atoms with Gasteiger partial charge < -0.3 is 10.1 Å². The topological polar surface area (TPSA) is 21.3 Å². The van der Waals surface area contributed by atoms with Crippen LogP contribution >= 0.6 is 0 Å². The van der Waals surface area contributed by atoms with Crippen molar-refractivity contribution in [3.63, 3.8) is 0 Å². The van der Waals surface area contributed by atoms with Gasteiger partial charge in [0, 0.05) is 17.6 Å². The molecule has 0 aliphatic carbocycles. The lowest BCUT2D eigenvalue weighted by molar-refractivity contribution is 0.283. The van der Waals surface area contributed by atoms with Gasteiger partial charge in [-0.25, -0.2) is 0 Å². The molecular formula is C11H13NO. The Kier molecular flexibility index (Phi) is 1.56. The second kappa shape index (κ2) is 2.74. The van der Waals surface area contributed by atoms with E-state index >= 15 is 0 Å². The number of nitrogens with one attached hydrogen (secondary N) is 1. The zero-order chi connectivity index (χ0) is 8.67. The number of benzene rings is 1. The van der Waals surface area contributed by atoms with E-state index in [0.29, 0.717) is 12.1 Å². The first-order chi connectivity index (χ1) is 6.43. The first-order valence-electron chi connectivity index (χ1n) is 4.91. The number of fused-ring (bicyclic) bond motifs is 4. The van der Waals surface area contributed by atoms with Crippen LogP contribution in [0, 0.1) is 0 Å². The molecule has 13 heavy (non-hydrogen) atoms. The lowest BCUT2D eigenvalue weighted by Gasteiger charge is -2.12. The van der Waals surface area contributed by atoms with Gasteiger partial charge in [0.05, 0.1) is 0 Å². The molecule has 1 N–H and O–H groups in total. The molecule has 68 valence electrons. The Morgan fingerprint density at radius 1 is 1.23 bits per heavy atom. The summed E-state index contributed by atoms with van der Waals surface area (Å²) in [4.78, 5) is 0. The Morgan fingerprint density at radius 3 is 3.15 bits per heavy atom. The normalized spacial score (nSPS) is 30.5. The van der Waals surface area contributed by atoms with Gasteiger partial charge in [0.2, 0.25) is 0 Å². The van der Waals surface area contributed by atoms with Crippen molar-refractivity contribution in [3.8, 4) is 5.75 Å². The standard InChI is InChI=1S/C11H13NO/c1-2-4-11-9(3-1)10-6-5-8(12-10)7-13-11/h1-4,8,10,12H,5-7H2. The second-order valence-electron chi connectivity index (χ2n) is 3.84. The molecule has 0 spiro atoms. The number of para-hydroxylation sites is 1. The maximum absolute atomic E-state index is 5.72. The van der Waals surface area contributed by atoms with Gasteiger partial charge in [-0.15, -0.1) is 0 Å². The number of ether oxygens (including phenoxy) is 1. The minimum atomic E-state index is 0.531. The van der Waals surface area contributed by atoms with Crippen molar-refractivity contribution in [3.05, 3.63) is 29.8 Å². The minimum absolute atomic E-state index is 0.531. The van der Waals surface area contributed by atoms with Crippen molar-refractivity contribution in [1.82, 2.24) is 5.32 Å². The Morgan fingerprint density at radius 2 is 2.15 bits per heavy atom. The summed E-state index contributed by atoms with van der Waals surface area (Å²) in [6.45, 7) is 0.827. The van der Waals surface area contributed by atoms with E-state index in [1.54, 1.807) is 0 Å². The molecule has 1 aromatic carbocycles. The molecule has 2 unspecified atom stereocenters. The molecule has 0 radical (unpaired) electrons. The van der Waals surface area contributed by atoms with Gasteiger partial charge in [-0.3, -0.25) is 0 Å². The monoisotopic (exact) mass is 175 g/mol. The Balaban J connectivity index is 2.07. The summed E-state index contributed by atoms with van der Waals surface area (Å²) < 4.78 is 5.72. The van der Waals surface area contributed by atoms with Gasteiger partial charge >= 0.3 is 0 Å². The highest BCUT2D eigenvalue weighted by Crippen LogP contribution is 2.35. The summed E-state index contributed by atoms with van der Waals surface area (Å²) in [7, 11) is 0. The zero-order valence-electron chi connectivity index (χ0n) is 7.49. The van der Waals surface area contributed by atoms with Crippen molar-refractivity contribution in [2.75, 3.05) is 6.61 Å². The maximum atomic E-state index is 5.72. The van der Waals surface area contributed by atoms with Gasteiger partial charge in [-0.1, -0.05) is 18.2 Å². The molecule has 2 heteroatoms. The molecular weight excluding hydrogens is 162 g/mol. The van der Waals surface area contributed by atoms with E-state index in [0.717, 1.165) is 12.4 Å². The largest absolute Gasteiger partial charge is 0.492 e. The van der Waals surface area contributed by atoms with Crippen LogP contribution in [0.3, 0.4) is 0 Å². The first kappa shape index (κ1) is 7.39. The third-order valence-electron chi connectivity index (χ3n) is 2.98. The zero-order valence-corrected chi connectivity index (χ0v) is 7.49. The fourth-order valence-electron chi connectivity index (χ4n) is 2.29. The van der Waals surface area contributed by atoms with Crippen molar-refractivity contribution < 1.29 is 4.74 Å². The van der Waals surface area contributed by atoms with Crippen LogP contribution in [0.5, 0.6) is 5.75 Å². The Bertz CT molecular complexity index is 324. The number of rotatable bonds is 0. The molecule has 2 nitrogen and oxygen atoms in total. The van der Waals surface area contributed by atoms with Gasteiger partial charge in [0.25, 0.3) is 0 Å². The van der Waals surface area contributed by atoms with Gasteiger partial charge in [-0.2, -0.15) is 0 Å². The summed E-state index contributed by atoms with van der Waals surface area (Å²) in [6, 6.07) is 9.46. The lowest BCUT2D eigenvalue weighted by atomic mass is 10.0. The van der Waals surface area contributed by atoms with Crippen LogP contribution < -0.4 is 10.1 Å². The maximum Gasteiger partial charge on any atom is 0.124 e. The van der Waals surface area contributed by atoms with Crippen LogP contribution in [0.15, 0.2) is 24.3 Å². The van der Waals surface area contributed by atoms with Crippen molar-refractivity contribution in [2.24, 2.45) is 0 Å². The fraction of sp³-hybridized carbons (Fsp3) is 0.455. The number of hydrogen-bond acceptors (Lipinski definition) is 2. The summed E-state index contributed by atoms with van der Waals surface area (Å²) in [5, 5.41) is 3.58. The molecule has 2 aliphatic rings. The lowest BCUT2D eigenvalue weighted by Crippen LogP contribution is -2.27. The average molecular weight is 175 g/mol. The van der Waals surface area contributed by atoms with Gasteiger partial charge in [-0.05, 0) is 18.9 Å². The summed E-state index contributed by atoms with van der Waals surface area (Å²) in [5.41, 5.74) is 1.34. The van der Waals surface area contributed by atoms with Crippen LogP contribution in [0.1, 0.15) is 24.4 Å². The molecule has 0 aromatic heterocycles. The Hall–Kier alpha value is -1.02. The summed E-state index contributed by atoms with van der Waals surface area (Å²) >= 11 is 0. The van der Waals surface area contributed by atoms with Crippen LogP contribution in [-0.4, -0.2) is 12.6 Å². The predicted molar refractivity (Wildman–Crippen MR) is 50.8 cm³/mol. The van der Waals surface area contributed by atoms with E-state index < -0.39 is 0 Å². The highest BCUT2D eigenvalue weighted by molar-refractivity contribution is 5.37. The molecule has 2 heterocycles. The molecule has 2 atom stereocenters. The van der Waals surface area contributed by atoms with Crippen molar-refractivity contribution in [2.45, 2.75) is 24.9 Å². The summed E-state index contributed by atoms with van der Waals surface area (Å²) in [5.74, 6) is 1.07. The molecule has 1 fully saturated rings. The number of hydrogen-bond donors (Lipinski definition) is 1. The summed E-state index contributed by atoms with van der Waals surface area (Å²) in [6.07, 6.45) is 2.50. The van der Waals surface area contributed by atoms with Crippen LogP contribution in [0.25, 0.3) is 0 Å². The molecule has 2 bridgehead atoms. The average Bonchev–Trinajstić information content (AvgIpc) is 2.54. The second-order valence-corrected chi connectivity index (χ2v) is 3.84. The van der Waals surface area contributed by atoms with E-state index in [2.05, 4.69) is 23.5 Å². The third-order valence-corrected chi connectivity index (χ3v) is 2.98. The van der Waals surface area contributed by atoms with Crippen LogP contribution in [-0.2, 0) is 0 Å². The molecule has 3 rings (SSSR count). The van der Waals surface area contributed by atoms with Crippen molar-refractivity contribution in [1.29, 1.82) is 0 Å². The highest BCUT2D eigenvalue weighted by atomic mass is 16.5. The van der Waals surface area contributed by atoms with E-state index in [9.17, 15) is 0 Å². The quantitative estimate of drug-likeness (QED) is 0.650. The van der Waals surface area contributed by atoms with E-state index in [1.165, 1.54) is 18.4 Å². The van der Waals surface area contributed by atoms with Gasteiger partial charge in [0.1, 0.15) is 12.4 Å². The highest BCUT2D eigenvalue weighted by Gasteiger charge is 2.30. The first-order valence-corrected chi connectivity index (χ1v) is 4.91. The molecule has 2 aliphatic heterocycles. The van der Waals surface area contributed by atoms with E-state index in [1.807, 2.05) is 6.07 Å². The van der Waals surface area contributed by atoms with Crippen LogP contribution in [0.4, 0.5) is 0 Å². The Labute approximate surface area is 77.9 Å². The fourth-order valence-corrected chi connectivity index (χ4v) is 2.29. The van der Waals surface area contributed by atoms with E-state index in [4.69, 9.17) is 4.74 Å². The molecule has 0 amide bonds.